The van der Waals surface area contributed by atoms with Crippen LogP contribution in [-0.2, 0) is 13.1 Å². The third-order valence-electron chi connectivity index (χ3n) is 4.67. The van der Waals surface area contributed by atoms with Crippen molar-refractivity contribution >= 4 is 5.91 Å². The normalized spacial score (nSPS) is 16.2. The Kier molecular flexibility index (Phi) is 5.28. The van der Waals surface area contributed by atoms with Gasteiger partial charge in [-0.2, -0.15) is 0 Å². The van der Waals surface area contributed by atoms with Crippen molar-refractivity contribution in [3.05, 3.63) is 70.8 Å². The topological polar surface area (TPSA) is 49.6 Å². The van der Waals surface area contributed by atoms with Crippen molar-refractivity contribution in [3.63, 3.8) is 0 Å². The molecular weight excluding hydrogens is 298 g/mol. The summed E-state index contributed by atoms with van der Waals surface area (Å²) >= 11 is 0. The molecule has 0 unspecified atom stereocenters. The van der Waals surface area contributed by atoms with Crippen LogP contribution in [0.25, 0.3) is 0 Å². The van der Waals surface area contributed by atoms with Crippen LogP contribution >= 0.6 is 0 Å². The molecule has 1 amide bonds. The number of nitrogens with two attached hydrogens (primary N) is 1. The Morgan fingerprint density at radius 2 is 1.50 bits per heavy atom. The molecule has 3 rings (SSSR count). The highest BCUT2D eigenvalue weighted by atomic mass is 16.1. The maximum atomic E-state index is 11.5. The van der Waals surface area contributed by atoms with Crippen LogP contribution in [0.1, 0.15) is 27.0 Å². The van der Waals surface area contributed by atoms with Crippen molar-refractivity contribution in [2.24, 2.45) is 5.73 Å². The predicted molar refractivity (Wildman–Crippen MR) is 96.7 cm³/mol. The summed E-state index contributed by atoms with van der Waals surface area (Å²) in [5, 5.41) is 0. The second kappa shape index (κ2) is 7.60. The van der Waals surface area contributed by atoms with Crippen LogP contribution in [0, 0.1) is 6.92 Å². The van der Waals surface area contributed by atoms with Gasteiger partial charge in [0.15, 0.2) is 0 Å². The number of carbonyl (C=O) groups excluding carboxylic acids is 1. The molecule has 2 aromatic carbocycles. The summed E-state index contributed by atoms with van der Waals surface area (Å²) in [6.45, 7) is 8.03. The van der Waals surface area contributed by atoms with Gasteiger partial charge in [0.05, 0.1) is 0 Å². The predicted octanol–water partition coefficient (Wildman–Crippen LogP) is 2.41. The molecule has 24 heavy (non-hydrogen) atoms. The summed E-state index contributed by atoms with van der Waals surface area (Å²) in [5.74, 6) is -0.344. The highest BCUT2D eigenvalue weighted by Gasteiger charge is 2.18. The van der Waals surface area contributed by atoms with Gasteiger partial charge in [-0.3, -0.25) is 14.6 Å². The van der Waals surface area contributed by atoms with Gasteiger partial charge in [-0.1, -0.05) is 48.0 Å². The van der Waals surface area contributed by atoms with Gasteiger partial charge in [-0.15, -0.1) is 0 Å². The van der Waals surface area contributed by atoms with Crippen molar-refractivity contribution in [3.8, 4) is 0 Å². The van der Waals surface area contributed by atoms with E-state index in [9.17, 15) is 4.79 Å². The first-order chi connectivity index (χ1) is 11.6. The highest BCUT2D eigenvalue weighted by Crippen LogP contribution is 2.14. The molecule has 0 atom stereocenters. The average Bonchev–Trinajstić information content (AvgIpc) is 2.59. The fraction of sp³-hybridized carbons (Fsp3) is 0.350. The highest BCUT2D eigenvalue weighted by molar-refractivity contribution is 5.94. The molecule has 0 spiro atoms. The SMILES string of the molecule is Cc1ccc(CN2CCN(Cc3ccccc3C(N)=O)CC2)cc1. The van der Waals surface area contributed by atoms with E-state index in [-0.39, 0.29) is 5.91 Å². The van der Waals surface area contributed by atoms with Gasteiger partial charge in [-0.05, 0) is 24.1 Å². The van der Waals surface area contributed by atoms with Crippen LogP contribution in [0.4, 0.5) is 0 Å². The van der Waals surface area contributed by atoms with E-state index in [1.165, 1.54) is 11.1 Å². The van der Waals surface area contributed by atoms with Crippen LogP contribution in [0.3, 0.4) is 0 Å². The Bertz CT molecular complexity index is 688. The molecule has 126 valence electrons. The third kappa shape index (κ3) is 4.22. The Labute approximate surface area is 143 Å². The molecule has 2 aromatic rings. The van der Waals surface area contributed by atoms with Crippen molar-refractivity contribution in [1.82, 2.24) is 9.80 Å². The molecule has 2 N–H and O–H groups in total. The monoisotopic (exact) mass is 323 g/mol. The van der Waals surface area contributed by atoms with Gasteiger partial charge in [0, 0.05) is 44.8 Å². The number of benzene rings is 2. The third-order valence-corrected chi connectivity index (χ3v) is 4.67. The molecule has 4 heteroatoms. The molecule has 0 saturated carbocycles. The molecule has 1 aliphatic rings. The quantitative estimate of drug-likeness (QED) is 0.919. The molecule has 1 saturated heterocycles. The van der Waals surface area contributed by atoms with Crippen molar-refractivity contribution in [2.45, 2.75) is 20.0 Å². The average molecular weight is 323 g/mol. The summed E-state index contributed by atoms with van der Waals surface area (Å²) in [4.78, 5) is 16.4. The molecule has 0 aliphatic carbocycles. The van der Waals surface area contributed by atoms with E-state index in [0.29, 0.717) is 5.56 Å². The lowest BCUT2D eigenvalue weighted by Gasteiger charge is -2.35. The maximum absolute atomic E-state index is 11.5. The van der Waals surface area contributed by atoms with E-state index in [1.54, 1.807) is 0 Å². The van der Waals surface area contributed by atoms with E-state index in [2.05, 4.69) is 41.0 Å². The minimum Gasteiger partial charge on any atom is -0.366 e. The summed E-state index contributed by atoms with van der Waals surface area (Å²) in [7, 11) is 0. The van der Waals surface area contributed by atoms with E-state index >= 15 is 0 Å². The number of primary amides is 1. The number of aryl methyl sites for hydroxylation is 1. The van der Waals surface area contributed by atoms with Gasteiger partial charge >= 0.3 is 0 Å². The van der Waals surface area contributed by atoms with Crippen LogP contribution in [0.5, 0.6) is 0 Å². The van der Waals surface area contributed by atoms with Crippen LogP contribution < -0.4 is 5.73 Å². The first kappa shape index (κ1) is 16.7. The van der Waals surface area contributed by atoms with E-state index in [0.717, 1.165) is 44.8 Å². The number of hydrogen-bond acceptors (Lipinski definition) is 3. The number of carbonyl (C=O) groups is 1. The second-order valence-corrected chi connectivity index (χ2v) is 6.56. The molecule has 0 radical (unpaired) electrons. The van der Waals surface area contributed by atoms with Crippen molar-refractivity contribution < 1.29 is 4.79 Å². The Hall–Kier alpha value is -2.17. The molecule has 1 aliphatic heterocycles. The molecule has 0 bridgehead atoms. The van der Waals surface area contributed by atoms with Crippen molar-refractivity contribution in [2.75, 3.05) is 26.2 Å². The molecule has 1 fully saturated rings. The standard InChI is InChI=1S/C20H25N3O/c1-16-6-8-17(9-7-16)14-22-10-12-23(13-11-22)15-18-4-2-3-5-19(18)20(21)24/h2-9H,10-15H2,1H3,(H2,21,24). The van der Waals surface area contributed by atoms with Crippen LogP contribution in [0.2, 0.25) is 0 Å². The second-order valence-electron chi connectivity index (χ2n) is 6.56. The van der Waals surface area contributed by atoms with Gasteiger partial charge in [0.2, 0.25) is 5.91 Å². The zero-order chi connectivity index (χ0) is 16.9. The number of hydrogen-bond donors (Lipinski definition) is 1. The Balaban J connectivity index is 1.54. The van der Waals surface area contributed by atoms with Gasteiger partial charge < -0.3 is 5.73 Å². The Morgan fingerprint density at radius 3 is 2.12 bits per heavy atom. The number of rotatable bonds is 5. The van der Waals surface area contributed by atoms with Gasteiger partial charge in [-0.25, -0.2) is 0 Å². The first-order valence-corrected chi connectivity index (χ1v) is 8.50. The molecule has 4 nitrogen and oxygen atoms in total. The molecule has 1 heterocycles. The van der Waals surface area contributed by atoms with E-state index < -0.39 is 0 Å². The maximum Gasteiger partial charge on any atom is 0.249 e. The minimum atomic E-state index is -0.344. The Morgan fingerprint density at radius 1 is 0.917 bits per heavy atom. The fourth-order valence-corrected chi connectivity index (χ4v) is 3.20. The van der Waals surface area contributed by atoms with Gasteiger partial charge in [0.1, 0.15) is 0 Å². The number of nitrogens with zero attached hydrogens (tertiary/aromatic N) is 2. The smallest absolute Gasteiger partial charge is 0.249 e. The zero-order valence-electron chi connectivity index (χ0n) is 14.2. The largest absolute Gasteiger partial charge is 0.366 e. The lowest BCUT2D eigenvalue weighted by molar-refractivity contribution is 0.0994. The summed E-state index contributed by atoms with van der Waals surface area (Å²) in [6.07, 6.45) is 0. The van der Waals surface area contributed by atoms with E-state index in [4.69, 9.17) is 5.73 Å². The van der Waals surface area contributed by atoms with Crippen LogP contribution in [-0.4, -0.2) is 41.9 Å². The van der Waals surface area contributed by atoms with Crippen molar-refractivity contribution in [1.29, 1.82) is 0 Å². The number of piperazine rings is 1. The number of amides is 1. The summed E-state index contributed by atoms with van der Waals surface area (Å²) in [5.41, 5.74) is 9.81. The lowest BCUT2D eigenvalue weighted by Crippen LogP contribution is -2.45. The van der Waals surface area contributed by atoms with Gasteiger partial charge in [0.25, 0.3) is 0 Å². The van der Waals surface area contributed by atoms with Crippen LogP contribution in [0.15, 0.2) is 48.5 Å². The minimum absolute atomic E-state index is 0.344. The lowest BCUT2D eigenvalue weighted by atomic mass is 10.1. The van der Waals surface area contributed by atoms with E-state index in [1.807, 2.05) is 24.3 Å². The zero-order valence-corrected chi connectivity index (χ0v) is 14.2. The molecular formula is C20H25N3O. The summed E-state index contributed by atoms with van der Waals surface area (Å²) < 4.78 is 0. The fourth-order valence-electron chi connectivity index (χ4n) is 3.20. The first-order valence-electron chi connectivity index (χ1n) is 8.50. The summed E-state index contributed by atoms with van der Waals surface area (Å²) in [6, 6.07) is 16.4. The molecule has 0 aromatic heterocycles.